The standard InChI is InChI=1S/C25H27ClN4O3/c1-25(2,3)33-23(32)20-21(27-22(31)18-13-7-8-14-19(18)26)28-24(29-15-9-10-16-29)30(20)17-11-5-4-6-12-17/h4-8,11-14H,9-10,15-16H2,1-3H3,(H,27,31). The number of nitrogens with one attached hydrogen (secondary N) is 1. The van der Waals surface area contributed by atoms with Crippen LogP contribution >= 0.6 is 11.6 Å². The van der Waals surface area contributed by atoms with Gasteiger partial charge in [-0.25, -0.2) is 4.79 Å². The van der Waals surface area contributed by atoms with Crippen molar-refractivity contribution in [1.29, 1.82) is 0 Å². The van der Waals surface area contributed by atoms with Crippen molar-refractivity contribution in [3.63, 3.8) is 0 Å². The average molecular weight is 467 g/mol. The molecule has 1 aliphatic rings. The van der Waals surface area contributed by atoms with Crippen LogP contribution in [0.3, 0.4) is 0 Å². The van der Waals surface area contributed by atoms with E-state index in [0.717, 1.165) is 31.6 Å². The minimum Gasteiger partial charge on any atom is -0.455 e. The van der Waals surface area contributed by atoms with Crippen LogP contribution in [0, 0.1) is 0 Å². The number of amides is 1. The second kappa shape index (κ2) is 9.27. The Kier molecular flexibility index (Phi) is 6.42. The molecule has 0 aliphatic carbocycles. The SMILES string of the molecule is CC(C)(C)OC(=O)c1c(NC(=O)c2ccccc2Cl)nc(N2CCCC2)n1-c1ccccc1. The number of hydrogen-bond acceptors (Lipinski definition) is 5. The number of rotatable bonds is 5. The number of anilines is 2. The molecule has 4 rings (SSSR count). The first-order valence-electron chi connectivity index (χ1n) is 11.0. The monoisotopic (exact) mass is 466 g/mol. The van der Waals surface area contributed by atoms with Gasteiger partial charge in [-0.05, 0) is 57.9 Å². The maximum absolute atomic E-state index is 13.4. The molecule has 1 amide bonds. The van der Waals surface area contributed by atoms with Crippen LogP contribution in [-0.4, -0.2) is 40.1 Å². The molecular weight excluding hydrogens is 440 g/mol. The number of benzene rings is 2. The van der Waals surface area contributed by atoms with Gasteiger partial charge < -0.3 is 15.0 Å². The lowest BCUT2D eigenvalue weighted by Gasteiger charge is -2.22. The first-order chi connectivity index (χ1) is 15.7. The smallest absolute Gasteiger partial charge is 0.359 e. The van der Waals surface area contributed by atoms with Crippen molar-refractivity contribution >= 4 is 35.2 Å². The number of nitrogens with zero attached hydrogens (tertiary/aromatic N) is 3. The van der Waals surface area contributed by atoms with Gasteiger partial charge in [0.1, 0.15) is 5.60 Å². The number of carbonyl (C=O) groups is 2. The van der Waals surface area contributed by atoms with Gasteiger partial charge in [-0.2, -0.15) is 4.98 Å². The topological polar surface area (TPSA) is 76.5 Å². The molecule has 8 heteroatoms. The molecule has 2 heterocycles. The normalized spacial score (nSPS) is 13.8. The lowest BCUT2D eigenvalue weighted by Crippen LogP contribution is -2.27. The Morgan fingerprint density at radius 2 is 1.64 bits per heavy atom. The van der Waals surface area contributed by atoms with Gasteiger partial charge in [0.15, 0.2) is 11.5 Å². The minimum atomic E-state index is -0.722. The van der Waals surface area contributed by atoms with Crippen molar-refractivity contribution in [2.75, 3.05) is 23.3 Å². The predicted octanol–water partition coefficient (Wildman–Crippen LogP) is 5.33. The summed E-state index contributed by atoms with van der Waals surface area (Å²) in [6.45, 7) is 7.04. The van der Waals surface area contributed by atoms with Crippen molar-refractivity contribution in [2.45, 2.75) is 39.2 Å². The number of halogens is 1. The van der Waals surface area contributed by atoms with Gasteiger partial charge in [0.2, 0.25) is 5.95 Å². The Hall–Kier alpha value is -3.32. The summed E-state index contributed by atoms with van der Waals surface area (Å²) in [5.41, 5.74) is 0.497. The summed E-state index contributed by atoms with van der Waals surface area (Å²) in [5.74, 6) is -0.288. The van der Waals surface area contributed by atoms with Crippen LogP contribution in [0.1, 0.15) is 54.5 Å². The molecule has 1 saturated heterocycles. The average Bonchev–Trinajstić information content (AvgIpc) is 3.41. The van der Waals surface area contributed by atoms with Crippen LogP contribution in [0.5, 0.6) is 0 Å². The zero-order chi connectivity index (χ0) is 23.6. The van der Waals surface area contributed by atoms with Crippen molar-refractivity contribution in [1.82, 2.24) is 9.55 Å². The summed E-state index contributed by atoms with van der Waals surface area (Å²) in [4.78, 5) is 33.3. The van der Waals surface area contributed by atoms with E-state index in [4.69, 9.17) is 21.3 Å². The number of hydrogen-bond donors (Lipinski definition) is 1. The molecule has 33 heavy (non-hydrogen) atoms. The van der Waals surface area contributed by atoms with Crippen LogP contribution in [0.2, 0.25) is 5.02 Å². The number of esters is 1. The molecule has 172 valence electrons. The van der Waals surface area contributed by atoms with E-state index in [0.29, 0.717) is 16.5 Å². The Labute approximate surface area is 198 Å². The van der Waals surface area contributed by atoms with E-state index in [1.165, 1.54) is 0 Å². The quantitative estimate of drug-likeness (QED) is 0.514. The van der Waals surface area contributed by atoms with Crippen LogP contribution in [0.15, 0.2) is 54.6 Å². The molecule has 1 aromatic heterocycles. The first kappa shape index (κ1) is 22.9. The van der Waals surface area contributed by atoms with Crippen molar-refractivity contribution in [3.05, 3.63) is 70.9 Å². The summed E-state index contributed by atoms with van der Waals surface area (Å²) in [7, 11) is 0. The zero-order valence-corrected chi connectivity index (χ0v) is 19.7. The maximum Gasteiger partial charge on any atom is 0.359 e. The van der Waals surface area contributed by atoms with Gasteiger partial charge in [-0.1, -0.05) is 41.9 Å². The van der Waals surface area contributed by atoms with E-state index in [1.807, 2.05) is 30.3 Å². The van der Waals surface area contributed by atoms with Gasteiger partial charge in [-0.15, -0.1) is 0 Å². The van der Waals surface area contributed by atoms with Crippen molar-refractivity contribution in [3.8, 4) is 5.69 Å². The molecule has 0 radical (unpaired) electrons. The molecule has 3 aromatic rings. The Morgan fingerprint density at radius 3 is 2.27 bits per heavy atom. The maximum atomic E-state index is 13.4. The van der Waals surface area contributed by atoms with E-state index < -0.39 is 17.5 Å². The Morgan fingerprint density at radius 1 is 1.00 bits per heavy atom. The third kappa shape index (κ3) is 5.03. The fourth-order valence-electron chi connectivity index (χ4n) is 3.78. The zero-order valence-electron chi connectivity index (χ0n) is 19.0. The summed E-state index contributed by atoms with van der Waals surface area (Å²) < 4.78 is 7.48. The number of aromatic nitrogens is 2. The molecule has 1 N–H and O–H groups in total. The molecule has 0 unspecified atom stereocenters. The largest absolute Gasteiger partial charge is 0.455 e. The molecule has 0 bridgehead atoms. The summed E-state index contributed by atoms with van der Waals surface area (Å²) >= 11 is 6.22. The number of imidazole rings is 1. The number of carbonyl (C=O) groups excluding carboxylic acids is 2. The second-order valence-corrected chi connectivity index (χ2v) is 9.32. The van der Waals surface area contributed by atoms with E-state index in [-0.39, 0.29) is 11.5 Å². The highest BCUT2D eigenvalue weighted by molar-refractivity contribution is 6.34. The fraction of sp³-hybridized carbons (Fsp3) is 0.320. The van der Waals surface area contributed by atoms with Crippen LogP contribution < -0.4 is 10.2 Å². The van der Waals surface area contributed by atoms with Crippen LogP contribution in [0.25, 0.3) is 5.69 Å². The lowest BCUT2D eigenvalue weighted by atomic mass is 10.2. The summed E-state index contributed by atoms with van der Waals surface area (Å²) in [6.07, 6.45) is 2.06. The third-order valence-electron chi connectivity index (χ3n) is 5.21. The molecule has 0 saturated carbocycles. The highest BCUT2D eigenvalue weighted by Gasteiger charge is 2.32. The van der Waals surface area contributed by atoms with Gasteiger partial charge in [0.25, 0.3) is 5.91 Å². The summed E-state index contributed by atoms with van der Waals surface area (Å²) in [5, 5.41) is 3.12. The molecule has 1 fully saturated rings. The molecule has 1 aliphatic heterocycles. The van der Waals surface area contributed by atoms with Crippen molar-refractivity contribution in [2.24, 2.45) is 0 Å². The lowest BCUT2D eigenvalue weighted by molar-refractivity contribution is 0.00619. The molecule has 2 aromatic carbocycles. The van der Waals surface area contributed by atoms with Gasteiger partial charge in [0, 0.05) is 18.8 Å². The highest BCUT2D eigenvalue weighted by atomic mass is 35.5. The Bertz CT molecular complexity index is 1160. The summed E-state index contributed by atoms with van der Waals surface area (Å²) in [6, 6.07) is 16.2. The highest BCUT2D eigenvalue weighted by Crippen LogP contribution is 2.32. The molecular formula is C25H27ClN4O3. The van der Waals surface area contributed by atoms with Crippen molar-refractivity contribution < 1.29 is 14.3 Å². The number of ether oxygens (including phenoxy) is 1. The van der Waals surface area contributed by atoms with E-state index in [1.54, 1.807) is 49.6 Å². The van der Waals surface area contributed by atoms with E-state index in [9.17, 15) is 9.59 Å². The second-order valence-electron chi connectivity index (χ2n) is 8.91. The molecule has 0 atom stereocenters. The van der Waals surface area contributed by atoms with E-state index in [2.05, 4.69) is 10.2 Å². The third-order valence-corrected chi connectivity index (χ3v) is 5.54. The number of para-hydroxylation sites is 1. The van der Waals surface area contributed by atoms with Gasteiger partial charge in [-0.3, -0.25) is 9.36 Å². The minimum absolute atomic E-state index is 0.139. The van der Waals surface area contributed by atoms with E-state index >= 15 is 0 Å². The van der Waals surface area contributed by atoms with Crippen LogP contribution in [0.4, 0.5) is 11.8 Å². The molecule has 7 nitrogen and oxygen atoms in total. The molecule has 0 spiro atoms. The van der Waals surface area contributed by atoms with Crippen LogP contribution in [-0.2, 0) is 4.74 Å². The fourth-order valence-corrected chi connectivity index (χ4v) is 4.00. The van der Waals surface area contributed by atoms with Gasteiger partial charge in [0.05, 0.1) is 10.6 Å². The predicted molar refractivity (Wildman–Crippen MR) is 130 cm³/mol. The van der Waals surface area contributed by atoms with Gasteiger partial charge >= 0.3 is 5.97 Å². The Balaban J connectivity index is 1.86. The first-order valence-corrected chi connectivity index (χ1v) is 11.3.